The van der Waals surface area contributed by atoms with Crippen LogP contribution < -0.4 is 0 Å². The van der Waals surface area contributed by atoms with Crippen molar-refractivity contribution < 1.29 is 18.8 Å². The predicted octanol–water partition coefficient (Wildman–Crippen LogP) is 4.19. The second-order valence-electron chi connectivity index (χ2n) is 9.23. The summed E-state index contributed by atoms with van der Waals surface area (Å²) in [7, 11) is -0.499. The molecule has 0 heterocycles. The number of Topliss-reactive ketones (excluding diaryl/α,β-unsaturated/α-hetero) is 1. The smallest absolute Gasteiger partial charge is 0.309 e. The van der Waals surface area contributed by atoms with Crippen LogP contribution in [0.2, 0.25) is 18.1 Å². The minimum absolute atomic E-state index is 0.000409. The highest BCUT2D eigenvalue weighted by Gasteiger charge is 2.53. The fraction of sp³-hybridized carbons (Fsp3) is 0.895. The van der Waals surface area contributed by atoms with E-state index in [0.717, 1.165) is 19.3 Å². The average Bonchev–Trinajstić information content (AvgIpc) is 2.46. The fourth-order valence-electron chi connectivity index (χ4n) is 4.23. The van der Waals surface area contributed by atoms with Crippen LogP contribution >= 0.6 is 0 Å². The highest BCUT2D eigenvalue weighted by molar-refractivity contribution is 6.74. The van der Waals surface area contributed by atoms with Gasteiger partial charge in [-0.1, -0.05) is 34.1 Å². The van der Waals surface area contributed by atoms with E-state index in [1.807, 2.05) is 6.92 Å². The molecule has 0 unspecified atom stereocenters. The van der Waals surface area contributed by atoms with Gasteiger partial charge in [-0.2, -0.15) is 0 Å². The van der Waals surface area contributed by atoms with E-state index in [2.05, 4.69) is 33.9 Å². The Morgan fingerprint density at radius 1 is 1.21 bits per heavy atom. The first kappa shape index (κ1) is 19.6. The van der Waals surface area contributed by atoms with Gasteiger partial charge >= 0.3 is 5.97 Å². The molecule has 0 amide bonds. The molecule has 24 heavy (non-hydrogen) atoms. The van der Waals surface area contributed by atoms with Crippen molar-refractivity contribution in [3.63, 3.8) is 0 Å². The molecule has 0 N–H and O–H groups in total. The van der Waals surface area contributed by atoms with E-state index in [4.69, 9.17) is 9.16 Å². The Kier molecular flexibility index (Phi) is 5.65. The lowest BCUT2D eigenvalue weighted by atomic mass is 9.60. The zero-order valence-corrected chi connectivity index (χ0v) is 17.3. The molecular formula is C19H34O4Si. The van der Waals surface area contributed by atoms with Crippen LogP contribution in [0.5, 0.6) is 0 Å². The Morgan fingerprint density at radius 2 is 1.83 bits per heavy atom. The summed E-state index contributed by atoms with van der Waals surface area (Å²) in [6.07, 6.45) is 3.34. The van der Waals surface area contributed by atoms with Crippen molar-refractivity contribution in [2.45, 2.75) is 77.6 Å². The first-order chi connectivity index (χ1) is 11.0. The molecule has 2 rings (SSSR count). The van der Waals surface area contributed by atoms with Crippen LogP contribution in [-0.4, -0.2) is 33.3 Å². The van der Waals surface area contributed by atoms with Crippen LogP contribution in [0.3, 0.4) is 0 Å². The molecule has 0 spiro atoms. The summed E-state index contributed by atoms with van der Waals surface area (Å²) in [5.74, 6) is -0.0834. The minimum atomic E-state index is -1.95. The van der Waals surface area contributed by atoms with E-state index >= 15 is 0 Å². The van der Waals surface area contributed by atoms with Gasteiger partial charge in [0.1, 0.15) is 5.78 Å². The van der Waals surface area contributed by atoms with Crippen molar-refractivity contribution in [2.24, 2.45) is 23.7 Å². The number of methoxy groups -OCH3 is 1. The monoisotopic (exact) mass is 354 g/mol. The van der Waals surface area contributed by atoms with E-state index in [9.17, 15) is 9.59 Å². The van der Waals surface area contributed by atoms with Crippen LogP contribution in [0.1, 0.15) is 53.4 Å². The van der Waals surface area contributed by atoms with Gasteiger partial charge in [-0.15, -0.1) is 0 Å². The maximum atomic E-state index is 12.6. The zero-order valence-electron chi connectivity index (χ0n) is 16.3. The molecule has 0 aliphatic heterocycles. The van der Waals surface area contributed by atoms with Crippen LogP contribution in [0.4, 0.5) is 0 Å². The standard InChI is InChI=1S/C19H34O4Si/c1-12-11-14(20)13-9-8-10-15(17(13)16(12)18(21)22-5)23-24(6,7)19(2,3)4/h12-13,15-17H,8-11H2,1-7H3/t12-,13+,15+,16+,17+/m0/s1. The third-order valence-corrected chi connectivity index (χ3v) is 11.1. The molecule has 0 bridgehead atoms. The zero-order chi connectivity index (χ0) is 18.3. The van der Waals surface area contributed by atoms with E-state index in [1.165, 1.54) is 7.11 Å². The number of carbonyl (C=O) groups excluding carboxylic acids is 2. The summed E-state index contributed by atoms with van der Waals surface area (Å²) in [6, 6.07) is 0. The summed E-state index contributed by atoms with van der Waals surface area (Å²) < 4.78 is 11.8. The van der Waals surface area contributed by atoms with Crippen molar-refractivity contribution >= 4 is 20.1 Å². The van der Waals surface area contributed by atoms with Crippen LogP contribution in [0, 0.1) is 23.7 Å². The Labute approximate surface area is 147 Å². The molecule has 0 aromatic carbocycles. The molecule has 2 aliphatic rings. The predicted molar refractivity (Wildman–Crippen MR) is 97.2 cm³/mol. The Bertz CT molecular complexity index is 494. The maximum Gasteiger partial charge on any atom is 0.309 e. The second kappa shape index (κ2) is 6.91. The Hall–Kier alpha value is -0.683. The summed E-state index contributed by atoms with van der Waals surface area (Å²) >= 11 is 0. The number of ether oxygens (including phenoxy) is 1. The Morgan fingerprint density at radius 3 is 2.38 bits per heavy atom. The molecule has 4 nitrogen and oxygen atoms in total. The van der Waals surface area contributed by atoms with E-state index < -0.39 is 8.32 Å². The minimum Gasteiger partial charge on any atom is -0.469 e. The molecule has 138 valence electrons. The average molecular weight is 355 g/mol. The van der Waals surface area contributed by atoms with Gasteiger partial charge in [0.2, 0.25) is 0 Å². The fourth-order valence-corrected chi connectivity index (χ4v) is 5.62. The molecular weight excluding hydrogens is 320 g/mol. The van der Waals surface area contributed by atoms with Crippen molar-refractivity contribution in [2.75, 3.05) is 7.11 Å². The molecule has 0 saturated heterocycles. The largest absolute Gasteiger partial charge is 0.469 e. The molecule has 0 radical (unpaired) electrons. The van der Waals surface area contributed by atoms with E-state index in [-0.39, 0.29) is 40.8 Å². The third kappa shape index (κ3) is 3.62. The molecule has 2 fully saturated rings. The molecule has 2 saturated carbocycles. The summed E-state index contributed by atoms with van der Waals surface area (Å²) in [4.78, 5) is 25.1. The summed E-state index contributed by atoms with van der Waals surface area (Å²) in [6.45, 7) is 13.2. The van der Waals surface area contributed by atoms with Gasteiger partial charge in [0.15, 0.2) is 8.32 Å². The second-order valence-corrected chi connectivity index (χ2v) is 14.0. The number of esters is 1. The van der Waals surface area contributed by atoms with Crippen molar-refractivity contribution in [3.8, 4) is 0 Å². The number of fused-ring (bicyclic) bond motifs is 1. The van der Waals surface area contributed by atoms with Crippen molar-refractivity contribution in [3.05, 3.63) is 0 Å². The SMILES string of the molecule is COC(=O)[C@H]1[C@@H]2[C@H](CCC[C@H]2O[Si](C)(C)C(C)(C)C)C(=O)C[C@@H]1C. The van der Waals surface area contributed by atoms with E-state index in [0.29, 0.717) is 12.2 Å². The highest BCUT2D eigenvalue weighted by atomic mass is 28.4. The number of rotatable bonds is 3. The normalized spacial score (nSPS) is 34.6. The lowest BCUT2D eigenvalue weighted by Gasteiger charge is -2.49. The topological polar surface area (TPSA) is 52.6 Å². The molecule has 0 aromatic heterocycles. The van der Waals surface area contributed by atoms with Gasteiger partial charge in [-0.3, -0.25) is 9.59 Å². The van der Waals surface area contributed by atoms with Gasteiger partial charge < -0.3 is 9.16 Å². The van der Waals surface area contributed by atoms with Crippen LogP contribution in [0.25, 0.3) is 0 Å². The van der Waals surface area contributed by atoms with Gasteiger partial charge in [-0.25, -0.2) is 0 Å². The quantitative estimate of drug-likeness (QED) is 0.563. The molecule has 2 aliphatic carbocycles. The van der Waals surface area contributed by atoms with Gasteiger partial charge in [0.05, 0.1) is 13.0 Å². The van der Waals surface area contributed by atoms with Gasteiger partial charge in [-0.05, 0) is 36.9 Å². The highest BCUT2D eigenvalue weighted by Crippen LogP contribution is 2.48. The van der Waals surface area contributed by atoms with Gasteiger partial charge in [0.25, 0.3) is 0 Å². The third-order valence-electron chi connectivity index (χ3n) is 6.59. The van der Waals surface area contributed by atoms with Crippen molar-refractivity contribution in [1.82, 2.24) is 0 Å². The number of carbonyl (C=O) groups is 2. The molecule has 5 atom stereocenters. The Balaban J connectivity index is 2.34. The number of hydrogen-bond acceptors (Lipinski definition) is 4. The molecule has 0 aromatic rings. The summed E-state index contributed by atoms with van der Waals surface area (Å²) in [5, 5.41) is 0.116. The first-order valence-electron chi connectivity index (χ1n) is 9.28. The summed E-state index contributed by atoms with van der Waals surface area (Å²) in [5.41, 5.74) is 0. The lowest BCUT2D eigenvalue weighted by Crippen LogP contribution is -2.55. The lowest BCUT2D eigenvalue weighted by molar-refractivity contribution is -0.161. The number of ketones is 1. The van der Waals surface area contributed by atoms with Crippen LogP contribution in [0.15, 0.2) is 0 Å². The van der Waals surface area contributed by atoms with Crippen LogP contribution in [-0.2, 0) is 18.8 Å². The first-order valence-corrected chi connectivity index (χ1v) is 12.2. The maximum absolute atomic E-state index is 12.6. The molecule has 5 heteroatoms. The number of hydrogen-bond donors (Lipinski definition) is 0. The van der Waals surface area contributed by atoms with E-state index in [1.54, 1.807) is 0 Å². The van der Waals surface area contributed by atoms with Crippen molar-refractivity contribution in [1.29, 1.82) is 0 Å². The van der Waals surface area contributed by atoms with Gasteiger partial charge in [0, 0.05) is 24.4 Å².